The molecular weight excluding hydrogens is 278 g/mol. The Hall–Kier alpha value is -2.75. The number of nitrogens with one attached hydrogen (secondary N) is 1. The average molecular weight is 291 g/mol. The van der Waals surface area contributed by atoms with E-state index < -0.39 is 5.41 Å². The molecule has 1 N–H and O–H groups in total. The van der Waals surface area contributed by atoms with Gasteiger partial charge in [-0.05, 0) is 18.6 Å². The summed E-state index contributed by atoms with van der Waals surface area (Å²) in [5, 5.41) is 3.08. The maximum absolute atomic E-state index is 12.9. The maximum Gasteiger partial charge on any atom is 0.210 e. The van der Waals surface area contributed by atoms with Crippen LogP contribution in [0, 0.1) is 5.41 Å². The van der Waals surface area contributed by atoms with E-state index in [1.165, 1.54) is 12.2 Å². The lowest BCUT2D eigenvalue weighted by Gasteiger charge is -2.39. The van der Waals surface area contributed by atoms with Crippen LogP contribution in [0.2, 0.25) is 0 Å². The van der Waals surface area contributed by atoms with Crippen molar-refractivity contribution in [3.63, 3.8) is 0 Å². The summed E-state index contributed by atoms with van der Waals surface area (Å²) < 4.78 is 0. The van der Waals surface area contributed by atoms with Gasteiger partial charge in [0.2, 0.25) is 5.78 Å². The fourth-order valence-corrected chi connectivity index (χ4v) is 3.41. The van der Waals surface area contributed by atoms with Crippen LogP contribution < -0.4 is 5.32 Å². The Balaban J connectivity index is 1.96. The van der Waals surface area contributed by atoms with Gasteiger partial charge < -0.3 is 5.32 Å². The Labute approximate surface area is 127 Å². The molecule has 1 aromatic carbocycles. The highest BCUT2D eigenvalue weighted by Gasteiger charge is 2.45. The zero-order valence-electron chi connectivity index (χ0n) is 11.8. The van der Waals surface area contributed by atoms with E-state index in [4.69, 9.17) is 0 Å². The molecule has 22 heavy (non-hydrogen) atoms. The van der Waals surface area contributed by atoms with Gasteiger partial charge >= 0.3 is 0 Å². The normalized spacial score (nSPS) is 21.7. The number of allylic oxidation sites excluding steroid dienone is 6. The van der Waals surface area contributed by atoms with Crippen molar-refractivity contribution >= 4 is 17.3 Å². The van der Waals surface area contributed by atoms with Crippen molar-refractivity contribution < 1.29 is 14.4 Å². The summed E-state index contributed by atoms with van der Waals surface area (Å²) in [5.41, 5.74) is 1.05. The van der Waals surface area contributed by atoms with E-state index in [1.54, 1.807) is 36.4 Å². The molecule has 2 aliphatic carbocycles. The number of hydrogen-bond acceptors (Lipinski definition) is 4. The SMILES string of the molecule is O=C1C=CC2(C=C1)CCNC1=C2C(=O)c2ccccc2C1=O. The number of rotatable bonds is 0. The third-order valence-corrected chi connectivity index (χ3v) is 4.52. The molecule has 0 atom stereocenters. The van der Waals surface area contributed by atoms with Gasteiger partial charge in [-0.2, -0.15) is 0 Å². The van der Waals surface area contributed by atoms with Crippen molar-refractivity contribution in [1.29, 1.82) is 0 Å². The lowest BCUT2D eigenvalue weighted by atomic mass is 9.66. The molecule has 1 aromatic rings. The molecule has 1 spiro atoms. The highest BCUT2D eigenvalue weighted by atomic mass is 16.1. The van der Waals surface area contributed by atoms with Gasteiger partial charge in [0.05, 0.1) is 5.70 Å². The first-order valence-corrected chi connectivity index (χ1v) is 7.22. The zero-order valence-corrected chi connectivity index (χ0v) is 11.8. The Bertz CT molecular complexity index is 810. The van der Waals surface area contributed by atoms with Gasteiger partial charge in [-0.1, -0.05) is 36.4 Å². The smallest absolute Gasteiger partial charge is 0.210 e. The highest BCUT2D eigenvalue weighted by Crippen LogP contribution is 2.44. The fourth-order valence-electron chi connectivity index (χ4n) is 3.41. The maximum atomic E-state index is 12.9. The summed E-state index contributed by atoms with van der Waals surface area (Å²) in [7, 11) is 0. The number of benzene rings is 1. The summed E-state index contributed by atoms with van der Waals surface area (Å²) in [6.45, 7) is 0.586. The fraction of sp³-hybridized carbons (Fsp3) is 0.167. The lowest BCUT2D eigenvalue weighted by Crippen LogP contribution is -2.43. The first-order valence-electron chi connectivity index (χ1n) is 7.22. The largest absolute Gasteiger partial charge is 0.381 e. The number of carbonyl (C=O) groups is 3. The number of Topliss-reactive ketones (excluding diaryl/α,β-unsaturated/α-hetero) is 2. The van der Waals surface area contributed by atoms with Crippen LogP contribution in [0.25, 0.3) is 0 Å². The van der Waals surface area contributed by atoms with Crippen LogP contribution in [0.3, 0.4) is 0 Å². The van der Waals surface area contributed by atoms with Crippen molar-refractivity contribution in [3.05, 3.63) is 71.0 Å². The predicted molar refractivity (Wildman–Crippen MR) is 80.5 cm³/mol. The Morgan fingerprint density at radius 1 is 0.909 bits per heavy atom. The van der Waals surface area contributed by atoms with Crippen molar-refractivity contribution in [3.8, 4) is 0 Å². The molecule has 0 unspecified atom stereocenters. The number of hydrogen-bond donors (Lipinski definition) is 1. The summed E-state index contributed by atoms with van der Waals surface area (Å²) >= 11 is 0. The van der Waals surface area contributed by atoms with Crippen molar-refractivity contribution in [2.24, 2.45) is 5.41 Å². The monoisotopic (exact) mass is 291 g/mol. The van der Waals surface area contributed by atoms with Crippen LogP contribution in [0.1, 0.15) is 27.1 Å². The minimum Gasteiger partial charge on any atom is -0.381 e. The summed E-state index contributed by atoms with van der Waals surface area (Å²) in [4.78, 5) is 37.1. The highest BCUT2D eigenvalue weighted by molar-refractivity contribution is 6.27. The van der Waals surface area contributed by atoms with Gasteiger partial charge in [0.25, 0.3) is 0 Å². The molecule has 4 rings (SSSR count). The Morgan fingerprint density at radius 3 is 2.23 bits per heavy atom. The van der Waals surface area contributed by atoms with E-state index in [-0.39, 0.29) is 17.3 Å². The molecule has 3 aliphatic rings. The lowest BCUT2D eigenvalue weighted by molar-refractivity contribution is -0.110. The third-order valence-electron chi connectivity index (χ3n) is 4.52. The molecule has 4 heteroatoms. The third kappa shape index (κ3) is 1.61. The van der Waals surface area contributed by atoms with Crippen molar-refractivity contribution in [2.45, 2.75) is 6.42 Å². The van der Waals surface area contributed by atoms with Gasteiger partial charge in [0.15, 0.2) is 11.6 Å². The van der Waals surface area contributed by atoms with E-state index in [2.05, 4.69) is 5.32 Å². The summed E-state index contributed by atoms with van der Waals surface area (Å²) in [5.74, 6) is -0.384. The van der Waals surface area contributed by atoms with Gasteiger partial charge in [-0.25, -0.2) is 0 Å². The number of carbonyl (C=O) groups excluding carboxylic acids is 3. The second-order valence-corrected chi connectivity index (χ2v) is 5.74. The molecule has 1 aliphatic heterocycles. The van der Waals surface area contributed by atoms with Crippen LogP contribution >= 0.6 is 0 Å². The molecule has 0 radical (unpaired) electrons. The quantitative estimate of drug-likeness (QED) is 0.794. The van der Waals surface area contributed by atoms with Gasteiger partial charge in [0.1, 0.15) is 0 Å². The summed E-state index contributed by atoms with van der Waals surface area (Å²) in [6.07, 6.45) is 7.12. The van der Waals surface area contributed by atoms with Gasteiger partial charge in [0, 0.05) is 28.7 Å². The van der Waals surface area contributed by atoms with E-state index in [0.717, 1.165) is 0 Å². The number of ketones is 3. The summed E-state index contributed by atoms with van der Waals surface area (Å²) in [6, 6.07) is 6.88. The molecule has 0 saturated carbocycles. The molecule has 108 valence electrons. The van der Waals surface area contributed by atoms with Crippen LogP contribution in [0.5, 0.6) is 0 Å². The first-order chi connectivity index (χ1) is 10.6. The van der Waals surface area contributed by atoms with Crippen LogP contribution in [-0.4, -0.2) is 23.9 Å². The molecule has 0 saturated heterocycles. The van der Waals surface area contributed by atoms with Gasteiger partial charge in [-0.3, -0.25) is 14.4 Å². The van der Waals surface area contributed by atoms with Gasteiger partial charge in [-0.15, -0.1) is 0 Å². The molecule has 4 nitrogen and oxygen atoms in total. The molecule has 0 fully saturated rings. The van der Waals surface area contributed by atoms with E-state index in [1.807, 2.05) is 0 Å². The predicted octanol–water partition coefficient (Wildman–Crippen LogP) is 1.99. The number of fused-ring (bicyclic) bond motifs is 2. The minimum absolute atomic E-state index is 0.0960. The average Bonchev–Trinajstić information content (AvgIpc) is 2.55. The van der Waals surface area contributed by atoms with Crippen LogP contribution in [0.15, 0.2) is 59.8 Å². The first kappa shape index (κ1) is 13.0. The topological polar surface area (TPSA) is 63.2 Å². The Morgan fingerprint density at radius 2 is 1.55 bits per heavy atom. The molecule has 1 heterocycles. The standard InChI is InChI=1S/C18H13NO3/c20-11-5-7-18(8-6-11)9-10-19-15-14(18)16(21)12-3-1-2-4-13(12)17(15)22/h1-8,19H,9-10H2. The van der Waals surface area contributed by atoms with Crippen LogP contribution in [0.4, 0.5) is 0 Å². The second kappa shape index (κ2) is 4.37. The van der Waals surface area contributed by atoms with E-state index in [0.29, 0.717) is 35.4 Å². The van der Waals surface area contributed by atoms with Crippen molar-refractivity contribution in [1.82, 2.24) is 5.32 Å². The molecule has 0 aromatic heterocycles. The van der Waals surface area contributed by atoms with E-state index >= 15 is 0 Å². The zero-order chi connectivity index (χ0) is 15.3. The Kier molecular flexibility index (Phi) is 2.57. The van der Waals surface area contributed by atoms with Crippen molar-refractivity contribution in [2.75, 3.05) is 6.54 Å². The van der Waals surface area contributed by atoms with Crippen LogP contribution in [-0.2, 0) is 4.79 Å². The minimum atomic E-state index is -0.658. The second-order valence-electron chi connectivity index (χ2n) is 5.74. The molecule has 0 amide bonds. The molecule has 0 bridgehead atoms. The van der Waals surface area contributed by atoms with E-state index in [9.17, 15) is 14.4 Å². The molecular formula is C18H13NO3.